The van der Waals surface area contributed by atoms with E-state index in [2.05, 4.69) is 15.9 Å². The molecule has 0 aromatic heterocycles. The van der Waals surface area contributed by atoms with Gasteiger partial charge >= 0.3 is 0 Å². The zero-order chi connectivity index (χ0) is 7.28. The SMILES string of the molecule is O=C(Cl)CCCC(Cl)Br. The molecule has 0 heterocycles. The van der Waals surface area contributed by atoms with Gasteiger partial charge in [0.05, 0.1) is 4.29 Å². The van der Waals surface area contributed by atoms with E-state index in [0.717, 1.165) is 12.8 Å². The van der Waals surface area contributed by atoms with Crippen molar-refractivity contribution in [2.24, 2.45) is 0 Å². The molecule has 0 spiro atoms. The van der Waals surface area contributed by atoms with Crippen molar-refractivity contribution in [3.05, 3.63) is 0 Å². The van der Waals surface area contributed by atoms with E-state index in [1.54, 1.807) is 0 Å². The summed E-state index contributed by atoms with van der Waals surface area (Å²) in [6.07, 6.45) is 1.94. The summed E-state index contributed by atoms with van der Waals surface area (Å²) in [5.41, 5.74) is 0. The standard InChI is InChI=1S/C5H7BrCl2O/c6-4(7)2-1-3-5(8)9/h4H,1-3H2. The summed E-state index contributed by atoms with van der Waals surface area (Å²) in [5, 5.41) is -0.292. The minimum atomic E-state index is -0.292. The molecule has 0 amide bonds. The van der Waals surface area contributed by atoms with Crippen LogP contribution in [0.5, 0.6) is 0 Å². The maximum atomic E-state index is 10.1. The molecule has 9 heavy (non-hydrogen) atoms. The predicted molar refractivity (Wildman–Crippen MR) is 43.3 cm³/mol. The van der Waals surface area contributed by atoms with E-state index in [0.29, 0.717) is 6.42 Å². The van der Waals surface area contributed by atoms with E-state index in [1.807, 2.05) is 0 Å². The summed E-state index contributed by atoms with van der Waals surface area (Å²) in [6, 6.07) is 0. The predicted octanol–water partition coefficient (Wildman–Crippen LogP) is 2.88. The van der Waals surface area contributed by atoms with E-state index in [1.165, 1.54) is 0 Å². The largest absolute Gasteiger partial charge is 0.281 e. The average molecular weight is 234 g/mol. The Kier molecular flexibility index (Phi) is 5.96. The van der Waals surface area contributed by atoms with Crippen LogP contribution in [0.4, 0.5) is 0 Å². The zero-order valence-corrected chi connectivity index (χ0v) is 7.84. The van der Waals surface area contributed by atoms with Gasteiger partial charge in [-0.1, -0.05) is 15.9 Å². The molecule has 1 atom stereocenters. The highest BCUT2D eigenvalue weighted by Crippen LogP contribution is 2.13. The third kappa shape index (κ3) is 8.73. The molecule has 0 fully saturated rings. The van der Waals surface area contributed by atoms with Gasteiger partial charge in [-0.05, 0) is 24.4 Å². The van der Waals surface area contributed by atoms with Gasteiger partial charge in [0, 0.05) is 6.42 Å². The van der Waals surface area contributed by atoms with Gasteiger partial charge in [0.1, 0.15) is 0 Å². The molecule has 0 radical (unpaired) electrons. The number of hydrogen-bond acceptors (Lipinski definition) is 1. The first-order valence-corrected chi connectivity index (χ1v) is 4.32. The lowest BCUT2D eigenvalue weighted by Crippen LogP contribution is -1.90. The highest BCUT2D eigenvalue weighted by molar-refractivity contribution is 9.10. The summed E-state index contributed by atoms with van der Waals surface area (Å²) in [7, 11) is 0. The first-order valence-electron chi connectivity index (χ1n) is 2.59. The number of alkyl halides is 2. The van der Waals surface area contributed by atoms with Crippen molar-refractivity contribution in [3.8, 4) is 0 Å². The van der Waals surface area contributed by atoms with Crippen LogP contribution in [0.25, 0.3) is 0 Å². The van der Waals surface area contributed by atoms with Crippen molar-refractivity contribution in [1.82, 2.24) is 0 Å². The molecule has 0 rings (SSSR count). The molecule has 0 bridgehead atoms. The van der Waals surface area contributed by atoms with E-state index >= 15 is 0 Å². The molecule has 0 saturated carbocycles. The molecule has 0 aliphatic heterocycles. The smallest absolute Gasteiger partial charge is 0.221 e. The molecule has 4 heteroatoms. The van der Waals surface area contributed by atoms with Crippen molar-refractivity contribution in [1.29, 1.82) is 0 Å². The summed E-state index contributed by atoms with van der Waals surface area (Å²) in [6.45, 7) is 0. The van der Waals surface area contributed by atoms with E-state index in [9.17, 15) is 4.79 Å². The van der Waals surface area contributed by atoms with Crippen LogP contribution in [0.15, 0.2) is 0 Å². The molecule has 0 aromatic carbocycles. The van der Waals surface area contributed by atoms with Crippen LogP contribution in [-0.2, 0) is 4.79 Å². The molecule has 0 saturated heterocycles. The van der Waals surface area contributed by atoms with Gasteiger partial charge < -0.3 is 0 Å². The first-order chi connectivity index (χ1) is 4.13. The van der Waals surface area contributed by atoms with Crippen LogP contribution in [-0.4, -0.2) is 9.53 Å². The molecule has 0 aliphatic rings. The normalized spacial score (nSPS) is 13.2. The van der Waals surface area contributed by atoms with Gasteiger partial charge in [-0.3, -0.25) is 4.79 Å². The zero-order valence-electron chi connectivity index (χ0n) is 4.74. The van der Waals surface area contributed by atoms with Crippen LogP contribution >= 0.6 is 39.1 Å². The molecule has 0 aliphatic carbocycles. The van der Waals surface area contributed by atoms with Crippen LogP contribution in [0, 0.1) is 0 Å². The Balaban J connectivity index is 3.01. The second-order valence-corrected chi connectivity index (χ2v) is 4.22. The van der Waals surface area contributed by atoms with Crippen molar-refractivity contribution < 1.29 is 4.79 Å². The third-order valence-electron chi connectivity index (χ3n) is 0.796. The first kappa shape index (κ1) is 9.73. The fourth-order valence-corrected chi connectivity index (χ4v) is 1.01. The fraction of sp³-hybridized carbons (Fsp3) is 0.800. The summed E-state index contributed by atoms with van der Waals surface area (Å²) < 4.78 is -0.0338. The van der Waals surface area contributed by atoms with Gasteiger partial charge in [-0.25, -0.2) is 0 Å². The molecule has 0 aromatic rings. The molecule has 0 N–H and O–H groups in total. The average Bonchev–Trinajstić information content (AvgIpc) is 1.63. The number of carbonyl (C=O) groups is 1. The summed E-state index contributed by atoms with van der Waals surface area (Å²) >= 11 is 13.7. The minimum absolute atomic E-state index is 0.0338. The maximum Gasteiger partial charge on any atom is 0.221 e. The van der Waals surface area contributed by atoms with Crippen LogP contribution < -0.4 is 0 Å². The van der Waals surface area contributed by atoms with E-state index in [-0.39, 0.29) is 9.53 Å². The van der Waals surface area contributed by atoms with Crippen LogP contribution in [0.3, 0.4) is 0 Å². The number of halogens is 3. The molecule has 1 unspecified atom stereocenters. The van der Waals surface area contributed by atoms with Crippen molar-refractivity contribution in [3.63, 3.8) is 0 Å². The fourth-order valence-electron chi connectivity index (χ4n) is 0.395. The second-order valence-electron chi connectivity index (χ2n) is 1.64. The minimum Gasteiger partial charge on any atom is -0.281 e. The Bertz CT molecular complexity index is 95.0. The lowest BCUT2D eigenvalue weighted by molar-refractivity contribution is -0.111. The van der Waals surface area contributed by atoms with Crippen molar-refractivity contribution in [2.75, 3.05) is 0 Å². The van der Waals surface area contributed by atoms with E-state index in [4.69, 9.17) is 23.2 Å². The quantitative estimate of drug-likeness (QED) is 0.539. The molecule has 54 valence electrons. The Morgan fingerprint density at radius 1 is 1.67 bits per heavy atom. The van der Waals surface area contributed by atoms with Crippen molar-refractivity contribution in [2.45, 2.75) is 23.5 Å². The summed E-state index contributed by atoms with van der Waals surface area (Å²) in [4.78, 5) is 10.1. The Hall–Kier alpha value is 0.730. The molecule has 1 nitrogen and oxygen atoms in total. The maximum absolute atomic E-state index is 10.1. The van der Waals surface area contributed by atoms with Gasteiger partial charge in [-0.15, -0.1) is 11.6 Å². The van der Waals surface area contributed by atoms with Gasteiger partial charge in [0.25, 0.3) is 0 Å². The summed E-state index contributed by atoms with van der Waals surface area (Å²) in [5.74, 6) is 0. The van der Waals surface area contributed by atoms with Gasteiger partial charge in [0.15, 0.2) is 0 Å². The Morgan fingerprint density at radius 3 is 2.56 bits per heavy atom. The lowest BCUT2D eigenvalue weighted by atomic mass is 10.3. The second kappa shape index (κ2) is 5.51. The van der Waals surface area contributed by atoms with E-state index < -0.39 is 0 Å². The Labute approximate surface area is 72.8 Å². The van der Waals surface area contributed by atoms with Crippen LogP contribution in [0.2, 0.25) is 0 Å². The van der Waals surface area contributed by atoms with Gasteiger partial charge in [0.2, 0.25) is 5.24 Å². The Morgan fingerprint density at radius 2 is 2.22 bits per heavy atom. The molecular formula is C5H7BrCl2O. The number of rotatable bonds is 4. The third-order valence-corrected chi connectivity index (χ3v) is 1.66. The molecular weight excluding hydrogens is 227 g/mol. The van der Waals surface area contributed by atoms with Crippen LogP contribution in [0.1, 0.15) is 19.3 Å². The van der Waals surface area contributed by atoms with Crippen molar-refractivity contribution >= 4 is 44.4 Å². The topological polar surface area (TPSA) is 17.1 Å². The number of hydrogen-bond donors (Lipinski definition) is 0. The highest BCUT2D eigenvalue weighted by Gasteiger charge is 1.99. The lowest BCUT2D eigenvalue weighted by Gasteiger charge is -1.96. The monoisotopic (exact) mass is 232 g/mol. The number of carbonyl (C=O) groups excluding carboxylic acids is 1. The highest BCUT2D eigenvalue weighted by atomic mass is 79.9. The van der Waals surface area contributed by atoms with Gasteiger partial charge in [-0.2, -0.15) is 0 Å².